The van der Waals surface area contributed by atoms with Gasteiger partial charge in [0.1, 0.15) is 4.83 Å². The highest BCUT2D eigenvalue weighted by Crippen LogP contribution is 2.31. The first-order valence-electron chi connectivity index (χ1n) is 9.23. The number of nitrogens with zero attached hydrogens (tertiary/aromatic N) is 3. The molecule has 0 aliphatic carbocycles. The van der Waals surface area contributed by atoms with Crippen LogP contribution >= 0.6 is 23.1 Å². The Morgan fingerprint density at radius 2 is 1.82 bits per heavy atom. The quantitative estimate of drug-likeness (QED) is 0.444. The van der Waals surface area contributed by atoms with Gasteiger partial charge in [-0.25, -0.2) is 4.98 Å². The van der Waals surface area contributed by atoms with Gasteiger partial charge in [-0.2, -0.15) is 0 Å². The van der Waals surface area contributed by atoms with Crippen molar-refractivity contribution in [3.05, 3.63) is 51.1 Å². The van der Waals surface area contributed by atoms with Crippen LogP contribution in [0.3, 0.4) is 0 Å². The highest BCUT2D eigenvalue weighted by atomic mass is 32.2. The summed E-state index contributed by atoms with van der Waals surface area (Å²) in [5.41, 5.74) is 1.81. The van der Waals surface area contributed by atoms with E-state index in [1.165, 1.54) is 23.1 Å². The minimum atomic E-state index is -0.373. The summed E-state index contributed by atoms with van der Waals surface area (Å²) in [6.07, 6.45) is 0. The van der Waals surface area contributed by atoms with E-state index >= 15 is 0 Å². The first kappa shape index (κ1) is 20.6. The van der Waals surface area contributed by atoms with Crippen LogP contribution in [0.2, 0.25) is 0 Å². The third-order valence-corrected chi connectivity index (χ3v) is 6.98. The second kappa shape index (κ2) is 8.09. The summed E-state index contributed by atoms with van der Waals surface area (Å²) in [7, 11) is 1.77. The zero-order valence-electron chi connectivity index (χ0n) is 17.0. The minimum Gasteiger partial charge on any atom is -0.315 e. The molecule has 1 atom stereocenters. The van der Waals surface area contributed by atoms with Crippen LogP contribution in [0.4, 0.5) is 5.69 Å². The molecule has 0 bridgehead atoms. The maximum Gasteiger partial charge on any atom is 0.263 e. The van der Waals surface area contributed by atoms with Gasteiger partial charge >= 0.3 is 0 Å². The maximum atomic E-state index is 13.2. The molecule has 0 saturated heterocycles. The fraction of sp³-hybridized carbons (Fsp3) is 0.381. The van der Waals surface area contributed by atoms with Crippen LogP contribution in [0, 0.1) is 13.8 Å². The second-order valence-corrected chi connectivity index (χ2v) is 9.63. The van der Waals surface area contributed by atoms with Gasteiger partial charge in [0.2, 0.25) is 5.91 Å². The van der Waals surface area contributed by atoms with Gasteiger partial charge in [0.05, 0.1) is 10.6 Å². The fourth-order valence-electron chi connectivity index (χ4n) is 3.09. The molecule has 7 heteroatoms. The smallest absolute Gasteiger partial charge is 0.263 e. The Kier molecular flexibility index (Phi) is 5.95. The zero-order valence-corrected chi connectivity index (χ0v) is 18.6. The SMILES string of the molecule is Cc1sc2nc(SC(C)C(=O)N(C)c3ccccc3)n(C(C)C)c(=O)c2c1C. The van der Waals surface area contributed by atoms with Crippen LogP contribution in [0.25, 0.3) is 10.2 Å². The lowest BCUT2D eigenvalue weighted by Crippen LogP contribution is -2.34. The predicted molar refractivity (Wildman–Crippen MR) is 119 cm³/mol. The molecule has 0 N–H and O–H groups in total. The van der Waals surface area contributed by atoms with Crippen LogP contribution in [0.15, 0.2) is 40.3 Å². The molecule has 148 valence electrons. The zero-order chi connectivity index (χ0) is 20.6. The van der Waals surface area contributed by atoms with Crippen LogP contribution in [-0.4, -0.2) is 27.8 Å². The first-order valence-corrected chi connectivity index (χ1v) is 10.9. The number of thiophene rings is 1. The first-order chi connectivity index (χ1) is 13.2. The van der Waals surface area contributed by atoms with Gasteiger partial charge in [0.25, 0.3) is 5.56 Å². The Labute approximate surface area is 173 Å². The van der Waals surface area contributed by atoms with Crippen molar-refractivity contribution in [2.45, 2.75) is 51.1 Å². The highest BCUT2D eigenvalue weighted by molar-refractivity contribution is 8.00. The van der Waals surface area contributed by atoms with E-state index < -0.39 is 0 Å². The standard InChI is InChI=1S/C21H25N3O2S2/c1-12(2)24-20(26)17-13(3)14(4)27-18(17)22-21(24)28-15(5)19(25)23(6)16-10-8-7-9-11-16/h7-12,15H,1-6H3. The summed E-state index contributed by atoms with van der Waals surface area (Å²) in [6.45, 7) is 9.77. The number of carbonyl (C=O) groups is 1. The Hall–Kier alpha value is -2.12. The fourth-order valence-corrected chi connectivity index (χ4v) is 5.29. The Balaban J connectivity index is 1.98. The van der Waals surface area contributed by atoms with E-state index in [0.29, 0.717) is 10.5 Å². The lowest BCUT2D eigenvalue weighted by Gasteiger charge is -2.22. The maximum absolute atomic E-state index is 13.2. The number of amides is 1. The number of rotatable bonds is 5. The van der Waals surface area contributed by atoms with Gasteiger partial charge in [-0.1, -0.05) is 30.0 Å². The van der Waals surface area contributed by atoms with Gasteiger partial charge in [0, 0.05) is 23.7 Å². The van der Waals surface area contributed by atoms with Crippen molar-refractivity contribution in [1.82, 2.24) is 9.55 Å². The van der Waals surface area contributed by atoms with E-state index in [1.54, 1.807) is 16.5 Å². The van der Waals surface area contributed by atoms with Crippen molar-refractivity contribution >= 4 is 44.9 Å². The van der Waals surface area contributed by atoms with Crippen molar-refractivity contribution in [3.63, 3.8) is 0 Å². The number of hydrogen-bond donors (Lipinski definition) is 0. The van der Waals surface area contributed by atoms with Crippen LogP contribution in [0.5, 0.6) is 0 Å². The molecule has 0 aliphatic heterocycles. The largest absolute Gasteiger partial charge is 0.315 e. The Bertz CT molecular complexity index is 1070. The molecule has 2 heterocycles. The molecule has 0 aliphatic rings. The molecule has 0 saturated carbocycles. The monoisotopic (exact) mass is 415 g/mol. The van der Waals surface area contributed by atoms with Crippen LogP contribution in [-0.2, 0) is 4.79 Å². The van der Waals surface area contributed by atoms with Gasteiger partial charge in [0.15, 0.2) is 5.16 Å². The number of anilines is 1. The van der Waals surface area contributed by atoms with Crippen molar-refractivity contribution in [2.75, 3.05) is 11.9 Å². The van der Waals surface area contributed by atoms with E-state index in [9.17, 15) is 9.59 Å². The van der Waals surface area contributed by atoms with Gasteiger partial charge in [-0.15, -0.1) is 11.3 Å². The Morgan fingerprint density at radius 3 is 2.43 bits per heavy atom. The number of aromatic nitrogens is 2. The number of aryl methyl sites for hydroxylation is 2. The lowest BCUT2D eigenvalue weighted by atomic mass is 10.2. The third kappa shape index (κ3) is 3.73. The average Bonchev–Trinajstić information content (AvgIpc) is 2.94. The van der Waals surface area contributed by atoms with Crippen LogP contribution in [0.1, 0.15) is 37.3 Å². The van der Waals surface area contributed by atoms with E-state index in [1.807, 2.05) is 65.0 Å². The molecular formula is C21H25N3O2S2. The minimum absolute atomic E-state index is 0.0274. The summed E-state index contributed by atoms with van der Waals surface area (Å²) < 4.78 is 1.71. The molecule has 1 unspecified atom stereocenters. The molecular weight excluding hydrogens is 390 g/mol. The molecule has 1 aromatic carbocycles. The Morgan fingerprint density at radius 1 is 1.18 bits per heavy atom. The van der Waals surface area contributed by atoms with Crippen molar-refractivity contribution in [3.8, 4) is 0 Å². The number of carbonyl (C=O) groups excluding carboxylic acids is 1. The van der Waals surface area contributed by atoms with E-state index in [0.717, 1.165) is 21.0 Å². The van der Waals surface area contributed by atoms with Gasteiger partial charge in [-0.05, 0) is 52.3 Å². The number of thioether (sulfide) groups is 1. The van der Waals surface area contributed by atoms with E-state index in [2.05, 4.69) is 0 Å². The van der Waals surface area contributed by atoms with Crippen LogP contribution < -0.4 is 10.5 Å². The van der Waals surface area contributed by atoms with Crippen molar-refractivity contribution in [1.29, 1.82) is 0 Å². The molecule has 0 fully saturated rings. The lowest BCUT2D eigenvalue weighted by molar-refractivity contribution is -0.117. The topological polar surface area (TPSA) is 55.2 Å². The number of para-hydroxylation sites is 1. The van der Waals surface area contributed by atoms with Crippen molar-refractivity contribution in [2.24, 2.45) is 0 Å². The summed E-state index contributed by atoms with van der Waals surface area (Å²) >= 11 is 2.87. The summed E-state index contributed by atoms with van der Waals surface area (Å²) in [5.74, 6) is -0.0283. The number of benzene rings is 1. The second-order valence-electron chi connectivity index (χ2n) is 7.12. The van der Waals surface area contributed by atoms with E-state index in [4.69, 9.17) is 4.98 Å². The summed E-state index contributed by atoms with van der Waals surface area (Å²) in [6, 6.07) is 9.50. The summed E-state index contributed by atoms with van der Waals surface area (Å²) in [4.78, 5) is 34.3. The molecule has 3 rings (SSSR count). The van der Waals surface area contributed by atoms with Gasteiger partial charge < -0.3 is 4.90 Å². The summed E-state index contributed by atoms with van der Waals surface area (Å²) in [5, 5.41) is 0.915. The predicted octanol–water partition coefficient (Wildman–Crippen LogP) is 4.80. The number of hydrogen-bond acceptors (Lipinski definition) is 5. The normalized spacial score (nSPS) is 12.5. The molecule has 0 radical (unpaired) electrons. The third-order valence-electron chi connectivity index (χ3n) is 4.82. The molecule has 5 nitrogen and oxygen atoms in total. The molecule has 0 spiro atoms. The number of fused-ring (bicyclic) bond motifs is 1. The molecule has 28 heavy (non-hydrogen) atoms. The van der Waals surface area contributed by atoms with Crippen molar-refractivity contribution < 1.29 is 4.79 Å². The molecule has 2 aromatic heterocycles. The average molecular weight is 416 g/mol. The molecule has 3 aromatic rings. The highest BCUT2D eigenvalue weighted by Gasteiger charge is 2.24. The van der Waals surface area contributed by atoms with Gasteiger partial charge in [-0.3, -0.25) is 14.2 Å². The van der Waals surface area contributed by atoms with E-state index in [-0.39, 0.29) is 22.8 Å². The molecule has 1 amide bonds.